The lowest BCUT2D eigenvalue weighted by Gasteiger charge is -2.14. The van der Waals surface area contributed by atoms with E-state index in [0.717, 1.165) is 24.3 Å². The first kappa shape index (κ1) is 26.5. The van der Waals surface area contributed by atoms with E-state index in [2.05, 4.69) is 16.6 Å². The van der Waals surface area contributed by atoms with Gasteiger partial charge in [0.2, 0.25) is 0 Å². The molecule has 1 heterocycles. The van der Waals surface area contributed by atoms with Crippen molar-refractivity contribution in [2.75, 3.05) is 0 Å². The van der Waals surface area contributed by atoms with E-state index in [1.165, 1.54) is 48.9 Å². The number of aromatic carboxylic acids is 1. The monoisotopic (exact) mass is 533 g/mol. The summed E-state index contributed by atoms with van der Waals surface area (Å²) in [5.74, 6) is 3.02. The minimum absolute atomic E-state index is 0.0162. The minimum Gasteiger partial charge on any atom is -0.507 e. The zero-order valence-corrected chi connectivity index (χ0v) is 19.6. The number of fused-ring (bicyclic) bond motifs is 1. The van der Waals surface area contributed by atoms with Crippen LogP contribution in [0.5, 0.6) is 11.5 Å². The maximum absolute atomic E-state index is 13.9. The molecule has 0 radical (unpaired) electrons. The largest absolute Gasteiger partial charge is 0.573 e. The van der Waals surface area contributed by atoms with Gasteiger partial charge < -0.3 is 19.5 Å². The molecule has 0 bridgehead atoms. The Kier molecular flexibility index (Phi) is 6.53. The predicted octanol–water partition coefficient (Wildman–Crippen LogP) is 6.87. The first-order valence-electron chi connectivity index (χ1n) is 10.8. The van der Waals surface area contributed by atoms with Crippen LogP contribution in [-0.4, -0.2) is 27.1 Å². The number of rotatable bonds is 3. The lowest BCUT2D eigenvalue weighted by molar-refractivity contribution is -0.274. The Morgan fingerprint density at radius 3 is 2.18 bits per heavy atom. The summed E-state index contributed by atoms with van der Waals surface area (Å²) in [5.41, 5.74) is -1.02. The van der Waals surface area contributed by atoms with Crippen LogP contribution in [-0.2, 0) is 13.2 Å². The number of alkyl halides is 6. The molecule has 0 spiro atoms. The van der Waals surface area contributed by atoms with Crippen LogP contribution in [0.3, 0.4) is 0 Å². The Hall–Kier alpha value is -4.59. The molecule has 5 nitrogen and oxygen atoms in total. The molecule has 0 aliphatic rings. The highest BCUT2D eigenvalue weighted by Crippen LogP contribution is 2.43. The van der Waals surface area contributed by atoms with Crippen molar-refractivity contribution in [2.45, 2.75) is 19.5 Å². The second-order valence-electron chi connectivity index (χ2n) is 8.24. The summed E-state index contributed by atoms with van der Waals surface area (Å²) < 4.78 is 84.3. The molecule has 0 unspecified atom stereocenters. The Morgan fingerprint density at radius 2 is 1.61 bits per heavy atom. The van der Waals surface area contributed by atoms with Gasteiger partial charge in [0.25, 0.3) is 0 Å². The number of benzene rings is 3. The first-order valence-corrected chi connectivity index (χ1v) is 10.8. The van der Waals surface area contributed by atoms with E-state index < -0.39 is 41.1 Å². The SMILES string of the molecule is Cc1c(C(=O)O)c(O)cc2c1c(C#Cc1ccc(OC(F)(F)F)cc1)c(-c1ccccc1C(F)(F)F)n2C. The van der Waals surface area contributed by atoms with Crippen LogP contribution in [0, 0.1) is 18.8 Å². The standard InChI is InChI=1S/C27H17F6NO4/c1-14-22-18(12-9-15-7-10-16(11-8-15)38-27(31,32)33)24(17-5-3-4-6-19(17)26(28,29)30)34(2)20(22)13-21(35)23(14)25(36)37/h3-8,10-11,13,35H,1-2H3,(H,36,37). The topological polar surface area (TPSA) is 71.7 Å². The molecule has 0 saturated carbocycles. The predicted molar refractivity (Wildman–Crippen MR) is 126 cm³/mol. The molecule has 38 heavy (non-hydrogen) atoms. The third kappa shape index (κ3) is 4.98. The number of phenols is 1. The Labute approximate surface area is 211 Å². The number of carboxylic acids is 1. The van der Waals surface area contributed by atoms with Crippen molar-refractivity contribution in [3.8, 4) is 34.6 Å². The number of aromatic nitrogens is 1. The van der Waals surface area contributed by atoms with Crippen molar-refractivity contribution >= 4 is 16.9 Å². The van der Waals surface area contributed by atoms with Gasteiger partial charge in [-0.25, -0.2) is 4.79 Å². The molecule has 0 atom stereocenters. The van der Waals surface area contributed by atoms with Crippen molar-refractivity contribution in [3.05, 3.63) is 82.4 Å². The normalized spacial score (nSPS) is 11.8. The number of hydrogen-bond donors (Lipinski definition) is 2. The molecule has 4 aromatic rings. The van der Waals surface area contributed by atoms with E-state index in [-0.39, 0.29) is 38.9 Å². The van der Waals surface area contributed by atoms with Gasteiger partial charge in [0.05, 0.1) is 22.3 Å². The molecular formula is C27H17F6NO4. The third-order valence-electron chi connectivity index (χ3n) is 5.84. The molecule has 0 fully saturated rings. The summed E-state index contributed by atoms with van der Waals surface area (Å²) in [4.78, 5) is 11.8. The van der Waals surface area contributed by atoms with Gasteiger partial charge in [0, 0.05) is 29.6 Å². The van der Waals surface area contributed by atoms with Crippen LogP contribution in [0.25, 0.3) is 22.2 Å². The maximum atomic E-state index is 13.9. The smallest absolute Gasteiger partial charge is 0.507 e. The number of hydrogen-bond acceptors (Lipinski definition) is 3. The van der Waals surface area contributed by atoms with Gasteiger partial charge in [0.15, 0.2) is 0 Å². The van der Waals surface area contributed by atoms with Crippen LogP contribution in [0.15, 0.2) is 54.6 Å². The van der Waals surface area contributed by atoms with E-state index in [1.54, 1.807) is 0 Å². The van der Waals surface area contributed by atoms with Gasteiger partial charge in [-0.3, -0.25) is 0 Å². The number of nitrogens with zero attached hydrogens (tertiary/aromatic N) is 1. The number of halogens is 6. The van der Waals surface area contributed by atoms with Gasteiger partial charge in [-0.15, -0.1) is 13.2 Å². The van der Waals surface area contributed by atoms with Crippen LogP contribution in [0.4, 0.5) is 26.3 Å². The van der Waals surface area contributed by atoms with Gasteiger partial charge >= 0.3 is 18.5 Å². The van der Waals surface area contributed by atoms with Crippen molar-refractivity contribution in [3.63, 3.8) is 0 Å². The molecule has 11 heteroatoms. The minimum atomic E-state index is -4.89. The van der Waals surface area contributed by atoms with Crippen molar-refractivity contribution in [2.24, 2.45) is 7.05 Å². The number of aryl methyl sites for hydroxylation is 2. The van der Waals surface area contributed by atoms with Crippen LogP contribution in [0.1, 0.15) is 32.6 Å². The second-order valence-corrected chi connectivity index (χ2v) is 8.24. The highest BCUT2D eigenvalue weighted by molar-refractivity contribution is 6.05. The summed E-state index contributed by atoms with van der Waals surface area (Å²) >= 11 is 0. The number of aromatic hydroxyl groups is 1. The highest BCUT2D eigenvalue weighted by atomic mass is 19.4. The average molecular weight is 533 g/mol. The van der Waals surface area contributed by atoms with Crippen LogP contribution >= 0.6 is 0 Å². The molecule has 3 aromatic carbocycles. The van der Waals surface area contributed by atoms with Gasteiger partial charge in [0.1, 0.15) is 17.1 Å². The van der Waals surface area contributed by atoms with E-state index in [4.69, 9.17) is 0 Å². The maximum Gasteiger partial charge on any atom is 0.573 e. The molecule has 0 aliphatic carbocycles. The summed E-state index contributed by atoms with van der Waals surface area (Å²) in [6, 6.07) is 10.5. The Bertz CT molecular complexity index is 1620. The Balaban J connectivity index is 2.02. The van der Waals surface area contributed by atoms with Gasteiger partial charge in [-0.05, 0) is 42.8 Å². The summed E-state index contributed by atoms with van der Waals surface area (Å²) in [7, 11) is 1.46. The molecule has 0 saturated heterocycles. The fourth-order valence-electron chi connectivity index (χ4n) is 4.29. The quantitative estimate of drug-likeness (QED) is 0.223. The molecular weight excluding hydrogens is 516 g/mol. The molecule has 1 aromatic heterocycles. The summed E-state index contributed by atoms with van der Waals surface area (Å²) in [6.07, 6.45) is -9.61. The molecule has 196 valence electrons. The van der Waals surface area contributed by atoms with Crippen LogP contribution in [0.2, 0.25) is 0 Å². The molecule has 0 aliphatic heterocycles. The van der Waals surface area contributed by atoms with Gasteiger partial charge in [-0.1, -0.05) is 30.0 Å². The summed E-state index contributed by atoms with van der Waals surface area (Å²) in [6.45, 7) is 1.40. The molecule has 4 rings (SSSR count). The Morgan fingerprint density at radius 1 is 0.974 bits per heavy atom. The zero-order valence-electron chi connectivity index (χ0n) is 19.6. The fourth-order valence-corrected chi connectivity index (χ4v) is 4.29. The molecule has 0 amide bonds. The summed E-state index contributed by atoms with van der Waals surface area (Å²) in [5, 5.41) is 20.2. The number of carboxylic acid groups (broad SMARTS) is 1. The lowest BCUT2D eigenvalue weighted by atomic mass is 9.96. The molecule has 2 N–H and O–H groups in total. The van der Waals surface area contributed by atoms with Gasteiger partial charge in [-0.2, -0.15) is 13.2 Å². The average Bonchev–Trinajstić information content (AvgIpc) is 3.08. The van der Waals surface area contributed by atoms with E-state index in [9.17, 15) is 41.4 Å². The van der Waals surface area contributed by atoms with Crippen molar-refractivity contribution < 1.29 is 46.1 Å². The first-order chi connectivity index (χ1) is 17.7. The van der Waals surface area contributed by atoms with E-state index in [0.29, 0.717) is 0 Å². The van der Waals surface area contributed by atoms with Crippen molar-refractivity contribution in [1.29, 1.82) is 0 Å². The van der Waals surface area contributed by atoms with E-state index in [1.807, 2.05) is 0 Å². The zero-order chi connectivity index (χ0) is 28.0. The number of ether oxygens (including phenoxy) is 1. The lowest BCUT2D eigenvalue weighted by Crippen LogP contribution is -2.16. The van der Waals surface area contributed by atoms with E-state index >= 15 is 0 Å². The number of carbonyl (C=O) groups is 1. The fraction of sp³-hybridized carbons (Fsp3) is 0.148. The third-order valence-corrected chi connectivity index (χ3v) is 5.84. The van der Waals surface area contributed by atoms with Crippen LogP contribution < -0.4 is 4.74 Å². The highest BCUT2D eigenvalue weighted by Gasteiger charge is 2.35. The second kappa shape index (κ2) is 9.37. The van der Waals surface area contributed by atoms with Crippen molar-refractivity contribution in [1.82, 2.24) is 4.57 Å².